The molecule has 1 aromatic carbocycles. The smallest absolute Gasteiger partial charge is 0.258 e. The Morgan fingerprint density at radius 1 is 1.09 bits per heavy atom. The van der Waals surface area contributed by atoms with Gasteiger partial charge in [0.15, 0.2) is 5.82 Å². The van der Waals surface area contributed by atoms with Gasteiger partial charge >= 0.3 is 0 Å². The molecule has 0 radical (unpaired) electrons. The third-order valence-electron chi connectivity index (χ3n) is 8.58. The summed E-state index contributed by atoms with van der Waals surface area (Å²) in [6, 6.07) is 8.12. The van der Waals surface area contributed by atoms with E-state index in [0.29, 0.717) is 46.0 Å². The van der Waals surface area contributed by atoms with Crippen molar-refractivity contribution in [3.63, 3.8) is 0 Å². The van der Waals surface area contributed by atoms with Crippen molar-refractivity contribution in [3.05, 3.63) is 42.2 Å². The van der Waals surface area contributed by atoms with Crippen LogP contribution in [0.5, 0.6) is 0 Å². The second-order valence-corrected chi connectivity index (χ2v) is 13.8. The summed E-state index contributed by atoms with van der Waals surface area (Å²) in [7, 11) is -2.03. The van der Waals surface area contributed by atoms with Crippen molar-refractivity contribution in [1.82, 2.24) is 19.7 Å². The number of benzene rings is 1. The fourth-order valence-corrected chi connectivity index (χ4v) is 7.26. The second-order valence-electron chi connectivity index (χ2n) is 11.9. The third kappa shape index (κ3) is 6.62. The van der Waals surface area contributed by atoms with Crippen LogP contribution < -0.4 is 19.8 Å². The van der Waals surface area contributed by atoms with E-state index in [9.17, 15) is 22.0 Å². The summed E-state index contributed by atoms with van der Waals surface area (Å²) >= 11 is 0. The number of fused-ring (bicyclic) bond motifs is 2. The molecule has 2 aromatic heterocycles. The van der Waals surface area contributed by atoms with Gasteiger partial charge in [0.25, 0.3) is 11.8 Å². The average molecular weight is 631 g/mol. The second kappa shape index (κ2) is 11.9. The summed E-state index contributed by atoms with van der Waals surface area (Å²) < 4.78 is 56.7. The summed E-state index contributed by atoms with van der Waals surface area (Å²) in [5.74, 6) is -1.56. The highest BCUT2D eigenvalue weighted by atomic mass is 32.2. The maximum Gasteiger partial charge on any atom is 0.258 e. The Morgan fingerprint density at radius 2 is 1.82 bits per heavy atom. The van der Waals surface area contributed by atoms with Gasteiger partial charge in [0, 0.05) is 46.1 Å². The molecule has 2 aliphatic heterocycles. The fraction of sp³-hybridized carbons (Fsp3) is 0.517. The van der Waals surface area contributed by atoms with Gasteiger partial charge < -0.3 is 20.2 Å². The Labute approximate surface area is 254 Å². The minimum absolute atomic E-state index is 0.0896. The number of carbonyl (C=O) groups excluding carboxylic acids is 1. The molecule has 12 nitrogen and oxygen atoms in total. The van der Waals surface area contributed by atoms with Crippen molar-refractivity contribution in [2.75, 3.05) is 58.4 Å². The molecule has 2 saturated heterocycles. The first-order valence-corrected chi connectivity index (χ1v) is 16.5. The first-order chi connectivity index (χ1) is 21.0. The molecule has 15 heteroatoms. The van der Waals surface area contributed by atoms with E-state index in [-0.39, 0.29) is 31.7 Å². The van der Waals surface area contributed by atoms with Gasteiger partial charge in [-0.2, -0.15) is 5.10 Å². The lowest BCUT2D eigenvalue weighted by atomic mass is 9.97. The van der Waals surface area contributed by atoms with E-state index in [2.05, 4.69) is 30.0 Å². The predicted octanol–water partition coefficient (Wildman–Crippen LogP) is 3.34. The van der Waals surface area contributed by atoms with Crippen molar-refractivity contribution in [2.24, 2.45) is 18.9 Å². The minimum atomic E-state index is -3.76. The first kappa shape index (κ1) is 30.2. The summed E-state index contributed by atoms with van der Waals surface area (Å²) in [4.78, 5) is 26.7. The van der Waals surface area contributed by atoms with Crippen LogP contribution in [0.3, 0.4) is 0 Å². The Hall–Kier alpha value is -3.85. The summed E-state index contributed by atoms with van der Waals surface area (Å²) in [6.07, 6.45) is 4.32. The van der Waals surface area contributed by atoms with Crippen LogP contribution in [0, 0.1) is 11.8 Å². The van der Waals surface area contributed by atoms with E-state index in [0.717, 1.165) is 32.4 Å². The number of anilines is 4. The van der Waals surface area contributed by atoms with Crippen LogP contribution in [-0.2, 0) is 17.1 Å². The normalized spacial score (nSPS) is 21.4. The molecule has 6 rings (SSSR count). The van der Waals surface area contributed by atoms with E-state index < -0.39 is 34.2 Å². The average Bonchev–Trinajstić information content (AvgIpc) is 3.56. The third-order valence-corrected chi connectivity index (χ3v) is 9.84. The number of alkyl halides is 2. The number of halogens is 2. The Balaban J connectivity index is 1.31. The number of hydrogen-bond acceptors (Lipinski definition) is 9. The molecule has 3 fully saturated rings. The minimum Gasteiger partial charge on any atom is -0.395 e. The van der Waals surface area contributed by atoms with Gasteiger partial charge in [0.2, 0.25) is 10.0 Å². The zero-order valence-corrected chi connectivity index (χ0v) is 25.2. The molecule has 2 unspecified atom stereocenters. The quantitative estimate of drug-likeness (QED) is 0.324. The maximum atomic E-state index is 14.0. The topological polar surface area (TPSA) is 146 Å². The Morgan fingerprint density at radius 3 is 2.48 bits per heavy atom. The van der Waals surface area contributed by atoms with Gasteiger partial charge in [-0.25, -0.2) is 27.2 Å². The van der Waals surface area contributed by atoms with Crippen LogP contribution in [0.25, 0.3) is 11.4 Å². The fourth-order valence-electron chi connectivity index (χ4n) is 6.43. The highest BCUT2D eigenvalue weighted by molar-refractivity contribution is 7.92. The number of amides is 1. The summed E-state index contributed by atoms with van der Waals surface area (Å²) in [5, 5.41) is 16.4. The van der Waals surface area contributed by atoms with Crippen LogP contribution in [-0.4, -0.2) is 83.6 Å². The lowest BCUT2D eigenvalue weighted by Gasteiger charge is -2.35. The van der Waals surface area contributed by atoms with Crippen molar-refractivity contribution < 1.29 is 27.1 Å². The molecule has 4 heterocycles. The van der Waals surface area contributed by atoms with E-state index >= 15 is 0 Å². The van der Waals surface area contributed by atoms with E-state index in [1.165, 1.54) is 6.07 Å². The number of carbonyl (C=O) groups is 1. The number of rotatable bonds is 9. The van der Waals surface area contributed by atoms with Crippen molar-refractivity contribution in [1.29, 1.82) is 0 Å². The lowest BCUT2D eigenvalue weighted by Crippen LogP contribution is -2.40. The number of aliphatic hydroxyl groups excluding tert-OH is 1. The van der Waals surface area contributed by atoms with Crippen LogP contribution in [0.1, 0.15) is 42.5 Å². The molecule has 1 aliphatic carbocycles. The molecule has 3 aromatic rings. The number of pyridine rings is 1. The van der Waals surface area contributed by atoms with Crippen LogP contribution in [0.2, 0.25) is 0 Å². The van der Waals surface area contributed by atoms with Gasteiger partial charge in [-0.05, 0) is 61.4 Å². The first-order valence-electron chi connectivity index (χ1n) is 14.8. The molecule has 3 aliphatic rings. The highest BCUT2D eigenvalue weighted by Gasteiger charge is 2.36. The van der Waals surface area contributed by atoms with E-state index in [1.54, 1.807) is 47.2 Å². The zero-order valence-electron chi connectivity index (χ0n) is 24.4. The number of aryl methyl sites for hydroxylation is 1. The monoisotopic (exact) mass is 630 g/mol. The molecule has 3 N–H and O–H groups in total. The van der Waals surface area contributed by atoms with Crippen LogP contribution >= 0.6 is 0 Å². The number of hydrogen-bond donors (Lipinski definition) is 3. The molecular formula is C29H36F2N8O4S. The summed E-state index contributed by atoms with van der Waals surface area (Å²) in [5.41, 5.74) is 1.83. The van der Waals surface area contributed by atoms with Crippen LogP contribution in [0.4, 0.5) is 31.8 Å². The standard InChI is InChI=1S/C29H36F2N8O4S/c1-37-18-32-26(35-37)23-6-7-25(33-27(23)38-10-8-29(30,31)9-11-38)34-28(41)22-5-4-21(36-44(42,43)13-12-40)15-24(22)39-16-19-2-3-20(14-19)17-39/h4-7,15,18-20,36,40H,2-3,8-14,16-17H2,1H3,(H,33,34,41). The predicted molar refractivity (Wildman–Crippen MR) is 163 cm³/mol. The Bertz CT molecular complexity index is 1630. The molecular weight excluding hydrogens is 594 g/mol. The zero-order chi connectivity index (χ0) is 31.1. The number of aliphatic hydroxyl groups is 1. The lowest BCUT2D eigenvalue weighted by molar-refractivity contribution is -0.0221. The highest BCUT2D eigenvalue weighted by Crippen LogP contribution is 2.40. The van der Waals surface area contributed by atoms with E-state index in [1.807, 2.05) is 0 Å². The van der Waals surface area contributed by atoms with Crippen LogP contribution in [0.15, 0.2) is 36.7 Å². The molecule has 0 spiro atoms. The van der Waals surface area contributed by atoms with Crippen molar-refractivity contribution in [2.45, 2.75) is 38.0 Å². The largest absolute Gasteiger partial charge is 0.395 e. The molecule has 1 saturated carbocycles. The van der Waals surface area contributed by atoms with Crippen molar-refractivity contribution >= 4 is 38.9 Å². The van der Waals surface area contributed by atoms with Gasteiger partial charge in [-0.3, -0.25) is 14.2 Å². The van der Waals surface area contributed by atoms with Gasteiger partial charge in [0.1, 0.15) is 18.0 Å². The van der Waals surface area contributed by atoms with Gasteiger partial charge in [0.05, 0.1) is 34.9 Å². The maximum absolute atomic E-state index is 14.0. The number of nitrogens with zero attached hydrogens (tertiary/aromatic N) is 6. The molecule has 2 bridgehead atoms. The van der Waals surface area contributed by atoms with Gasteiger partial charge in [-0.15, -0.1) is 0 Å². The molecule has 1 amide bonds. The number of aromatic nitrogens is 4. The number of piperidine rings is 2. The molecule has 44 heavy (non-hydrogen) atoms. The molecule has 236 valence electrons. The van der Waals surface area contributed by atoms with Crippen molar-refractivity contribution in [3.8, 4) is 11.4 Å². The summed E-state index contributed by atoms with van der Waals surface area (Å²) in [6.45, 7) is 1.19. The number of sulfonamides is 1. The van der Waals surface area contributed by atoms with E-state index in [4.69, 9.17) is 5.11 Å². The Kier molecular flexibility index (Phi) is 8.18. The SMILES string of the molecule is Cn1cnc(-c2ccc(NC(=O)c3ccc(NS(=O)(=O)CCO)cc3N3CC4CCC(C4)C3)nc2N2CCC(F)(F)CC2)n1. The van der Waals surface area contributed by atoms with Gasteiger partial charge in [-0.1, -0.05) is 0 Å². The molecule has 2 atom stereocenters. The number of nitrogens with one attached hydrogen (secondary N) is 2.